The molecule has 0 radical (unpaired) electrons. The van der Waals surface area contributed by atoms with Gasteiger partial charge in [-0.05, 0) is 24.6 Å². The number of carbonyl (C=O) groups excluding carboxylic acids is 1. The van der Waals surface area contributed by atoms with Crippen molar-refractivity contribution in [2.75, 3.05) is 0 Å². The van der Waals surface area contributed by atoms with E-state index in [0.29, 0.717) is 12.1 Å². The monoisotopic (exact) mass is 336 g/mol. The highest BCUT2D eigenvalue weighted by Crippen LogP contribution is 2.38. The molecule has 0 spiro atoms. The van der Waals surface area contributed by atoms with Crippen LogP contribution in [0.15, 0.2) is 18.2 Å². The van der Waals surface area contributed by atoms with Crippen molar-refractivity contribution in [1.29, 1.82) is 0 Å². The van der Waals surface area contributed by atoms with Crippen LogP contribution >= 0.6 is 11.6 Å². The molecule has 1 aromatic rings. The van der Waals surface area contributed by atoms with E-state index in [1.807, 2.05) is 0 Å². The molecule has 1 atom stereocenters. The second-order valence-electron chi connectivity index (χ2n) is 3.77. The van der Waals surface area contributed by atoms with Crippen molar-refractivity contribution in [1.82, 2.24) is 0 Å². The van der Waals surface area contributed by atoms with Crippen molar-refractivity contribution in [3.8, 4) is 11.5 Å². The molecule has 0 saturated heterocycles. The number of ether oxygens (including phenoxy) is 2. The Morgan fingerprint density at radius 3 is 1.95 bits per heavy atom. The third-order valence-electron chi connectivity index (χ3n) is 2.07. The molecule has 1 unspecified atom stereocenters. The van der Waals surface area contributed by atoms with Crippen LogP contribution in [0.1, 0.15) is 17.9 Å². The third kappa shape index (κ3) is 5.70. The van der Waals surface area contributed by atoms with Crippen LogP contribution < -0.4 is 9.47 Å². The molecule has 10 heteroatoms. The van der Waals surface area contributed by atoms with E-state index < -0.39 is 35.4 Å². The lowest BCUT2D eigenvalue weighted by atomic mass is 10.1. The molecule has 0 amide bonds. The van der Waals surface area contributed by atoms with E-state index in [-0.39, 0.29) is 5.56 Å². The molecule has 21 heavy (non-hydrogen) atoms. The molecular weight excluding hydrogens is 330 g/mol. The third-order valence-corrected chi connectivity index (χ3v) is 2.63. The Labute approximate surface area is 119 Å². The lowest BCUT2D eigenvalue weighted by molar-refractivity contribution is -0.287. The number of rotatable bonds is 4. The molecule has 1 aromatic carbocycles. The fourth-order valence-corrected chi connectivity index (χ4v) is 1.47. The molecule has 0 saturated carbocycles. The quantitative estimate of drug-likeness (QED) is 0.605. The zero-order valence-electron chi connectivity index (χ0n) is 10.2. The molecule has 0 aliphatic rings. The highest BCUT2D eigenvalue weighted by molar-refractivity contribution is 6.30. The average molecular weight is 337 g/mol. The normalized spacial score (nSPS) is 13.7. The summed E-state index contributed by atoms with van der Waals surface area (Å²) in [6.45, 7) is 1.07. The summed E-state index contributed by atoms with van der Waals surface area (Å²) in [7, 11) is 0. The largest absolute Gasteiger partial charge is 0.573 e. The van der Waals surface area contributed by atoms with Crippen LogP contribution in [0.2, 0.25) is 0 Å². The predicted octanol–water partition coefficient (Wildman–Crippen LogP) is 4.35. The van der Waals surface area contributed by atoms with Crippen molar-refractivity contribution >= 4 is 17.4 Å². The Hall–Kier alpha value is -1.64. The summed E-state index contributed by atoms with van der Waals surface area (Å²) in [5.41, 5.74) is -0.155. The number of carbonyl (C=O) groups is 1. The minimum absolute atomic E-state index is 0.155. The smallest absolute Gasteiger partial charge is 0.402 e. The number of benzene rings is 1. The predicted molar refractivity (Wildman–Crippen MR) is 59.1 cm³/mol. The van der Waals surface area contributed by atoms with Crippen LogP contribution in [0, 0.1) is 0 Å². The fourth-order valence-electron chi connectivity index (χ4n) is 1.33. The summed E-state index contributed by atoms with van der Waals surface area (Å²) >= 11 is 5.62. The molecule has 0 bridgehead atoms. The standard InChI is InChI=1S/C11H7ClF6O3/c1-5(19)9(12)6-2-3-7(20-10(13,14)15)8(4-6)21-11(16,17)18/h2-4,9H,1H3. The number of hydrogen-bond acceptors (Lipinski definition) is 3. The second-order valence-corrected chi connectivity index (χ2v) is 4.21. The topological polar surface area (TPSA) is 35.5 Å². The Morgan fingerprint density at radius 1 is 1.05 bits per heavy atom. The molecule has 0 heterocycles. The van der Waals surface area contributed by atoms with Gasteiger partial charge in [-0.1, -0.05) is 6.07 Å². The first-order chi connectivity index (χ1) is 9.39. The van der Waals surface area contributed by atoms with Gasteiger partial charge >= 0.3 is 12.7 Å². The van der Waals surface area contributed by atoms with Crippen molar-refractivity contribution in [2.45, 2.75) is 25.0 Å². The van der Waals surface area contributed by atoms with Crippen molar-refractivity contribution in [3.63, 3.8) is 0 Å². The maximum Gasteiger partial charge on any atom is 0.573 e. The Morgan fingerprint density at radius 2 is 1.52 bits per heavy atom. The molecule has 3 nitrogen and oxygen atoms in total. The van der Waals surface area contributed by atoms with Gasteiger partial charge in [-0.15, -0.1) is 37.9 Å². The first-order valence-electron chi connectivity index (χ1n) is 5.19. The van der Waals surface area contributed by atoms with E-state index in [4.69, 9.17) is 11.6 Å². The first kappa shape index (κ1) is 17.4. The number of ketones is 1. The number of hydrogen-bond donors (Lipinski definition) is 0. The molecule has 0 aliphatic carbocycles. The van der Waals surface area contributed by atoms with E-state index in [2.05, 4.69) is 9.47 Å². The van der Waals surface area contributed by atoms with Crippen LogP contribution in [0.25, 0.3) is 0 Å². The summed E-state index contributed by atoms with van der Waals surface area (Å²) in [5, 5.41) is -1.32. The van der Waals surface area contributed by atoms with Crippen LogP contribution in [0.4, 0.5) is 26.3 Å². The number of alkyl halides is 7. The van der Waals surface area contributed by atoms with E-state index in [1.54, 1.807) is 0 Å². The summed E-state index contributed by atoms with van der Waals surface area (Å²) in [5.74, 6) is -3.04. The van der Waals surface area contributed by atoms with Crippen LogP contribution in [0.3, 0.4) is 0 Å². The van der Waals surface area contributed by atoms with E-state index in [9.17, 15) is 31.1 Å². The van der Waals surface area contributed by atoms with E-state index >= 15 is 0 Å². The number of halogens is 7. The van der Waals surface area contributed by atoms with E-state index in [0.717, 1.165) is 13.0 Å². The van der Waals surface area contributed by atoms with Gasteiger partial charge in [0.2, 0.25) is 0 Å². The summed E-state index contributed by atoms with van der Waals surface area (Å²) < 4.78 is 79.7. The zero-order chi connectivity index (χ0) is 16.4. The van der Waals surface area contributed by atoms with Gasteiger partial charge < -0.3 is 9.47 Å². The SMILES string of the molecule is CC(=O)C(Cl)c1ccc(OC(F)(F)F)c(OC(F)(F)F)c1. The van der Waals surface area contributed by atoms with Gasteiger partial charge in [0, 0.05) is 0 Å². The van der Waals surface area contributed by atoms with Crippen molar-refractivity contribution in [2.24, 2.45) is 0 Å². The maximum atomic E-state index is 12.2. The van der Waals surface area contributed by atoms with Crippen LogP contribution in [-0.2, 0) is 4.79 Å². The lowest BCUT2D eigenvalue weighted by Gasteiger charge is -2.17. The highest BCUT2D eigenvalue weighted by Gasteiger charge is 2.37. The van der Waals surface area contributed by atoms with Crippen molar-refractivity contribution < 1.29 is 40.6 Å². The fraction of sp³-hybridized carbons (Fsp3) is 0.364. The van der Waals surface area contributed by atoms with Gasteiger partial charge in [0.25, 0.3) is 0 Å². The van der Waals surface area contributed by atoms with Gasteiger partial charge in [0.15, 0.2) is 17.3 Å². The average Bonchev–Trinajstić information content (AvgIpc) is 2.26. The first-order valence-corrected chi connectivity index (χ1v) is 5.62. The minimum Gasteiger partial charge on any atom is -0.402 e. The summed E-state index contributed by atoms with van der Waals surface area (Å²) in [6.07, 6.45) is -10.4. The van der Waals surface area contributed by atoms with Gasteiger partial charge in [-0.3, -0.25) is 4.79 Å². The molecule has 0 aliphatic heterocycles. The molecule has 0 fully saturated rings. The van der Waals surface area contributed by atoms with Crippen LogP contribution in [-0.4, -0.2) is 18.5 Å². The van der Waals surface area contributed by atoms with Gasteiger partial charge in [-0.25, -0.2) is 0 Å². The molecule has 118 valence electrons. The molecule has 0 N–H and O–H groups in total. The highest BCUT2D eigenvalue weighted by atomic mass is 35.5. The Bertz CT molecular complexity index is 526. The Kier molecular flexibility index (Phi) is 4.98. The summed E-state index contributed by atoms with van der Waals surface area (Å²) in [4.78, 5) is 11.0. The lowest BCUT2D eigenvalue weighted by Crippen LogP contribution is -2.21. The molecular formula is C11H7ClF6O3. The number of Topliss-reactive ketones (excluding diaryl/α,β-unsaturated/α-hetero) is 1. The van der Waals surface area contributed by atoms with Gasteiger partial charge in [0.05, 0.1) is 0 Å². The van der Waals surface area contributed by atoms with E-state index in [1.165, 1.54) is 0 Å². The second kappa shape index (κ2) is 6.00. The van der Waals surface area contributed by atoms with Crippen molar-refractivity contribution in [3.05, 3.63) is 23.8 Å². The van der Waals surface area contributed by atoms with Crippen LogP contribution in [0.5, 0.6) is 11.5 Å². The van der Waals surface area contributed by atoms with Gasteiger partial charge in [-0.2, -0.15) is 0 Å². The summed E-state index contributed by atoms with van der Waals surface area (Å²) in [6, 6.07) is 2.08. The van der Waals surface area contributed by atoms with Gasteiger partial charge in [0.1, 0.15) is 5.38 Å². The molecule has 1 rings (SSSR count). The minimum atomic E-state index is -5.24. The molecule has 0 aromatic heterocycles. The Balaban J connectivity index is 3.23. The maximum absolute atomic E-state index is 12.2. The zero-order valence-corrected chi connectivity index (χ0v) is 10.9.